The Morgan fingerprint density at radius 3 is 2.33 bits per heavy atom. The van der Waals surface area contributed by atoms with Crippen molar-refractivity contribution in [2.24, 2.45) is 29.6 Å². The lowest BCUT2D eigenvalue weighted by Crippen LogP contribution is -2.49. The Hall–Kier alpha value is -0.410. The molecule has 0 aliphatic heterocycles. The molecule has 0 saturated heterocycles. The minimum Gasteiger partial charge on any atom is -0.392 e. The van der Waals surface area contributed by atoms with Crippen LogP contribution in [0.5, 0.6) is 0 Å². The number of hydrogen-bond acceptors (Lipinski definition) is 1. The molecule has 1 N–H and O–H groups in total. The zero-order chi connectivity index (χ0) is 14.6. The molecule has 4 fully saturated rings. The number of halogens is 2. The van der Waals surface area contributed by atoms with Crippen LogP contribution in [-0.4, -0.2) is 11.2 Å². The molecule has 4 aliphatic carbocycles. The molecule has 0 heterocycles. The van der Waals surface area contributed by atoms with Gasteiger partial charge in [-0.05, 0) is 91.9 Å². The van der Waals surface area contributed by atoms with E-state index in [0.29, 0.717) is 24.2 Å². The van der Waals surface area contributed by atoms with Crippen molar-refractivity contribution in [3.05, 3.63) is 34.1 Å². The third-order valence-corrected chi connectivity index (χ3v) is 6.95. The summed E-state index contributed by atoms with van der Waals surface area (Å²) < 4.78 is 14.3. The van der Waals surface area contributed by atoms with Crippen molar-refractivity contribution in [3.63, 3.8) is 0 Å². The monoisotopic (exact) mass is 352 g/mol. The maximum Gasteiger partial charge on any atom is 0.123 e. The Morgan fingerprint density at radius 1 is 1.10 bits per heavy atom. The van der Waals surface area contributed by atoms with Crippen molar-refractivity contribution in [1.29, 1.82) is 0 Å². The summed E-state index contributed by atoms with van der Waals surface area (Å²) in [7, 11) is 0. The molecular weight excluding hydrogens is 331 g/mol. The average Bonchev–Trinajstić information content (AvgIpc) is 2.41. The van der Waals surface area contributed by atoms with E-state index in [0.717, 1.165) is 21.9 Å². The number of benzene rings is 1. The van der Waals surface area contributed by atoms with Crippen LogP contribution in [0.3, 0.4) is 0 Å². The van der Waals surface area contributed by atoms with Gasteiger partial charge in [-0.1, -0.05) is 15.9 Å². The molecule has 1 aromatic rings. The first kappa shape index (κ1) is 14.2. The standard InChI is InChI=1S/C18H22BrFO/c19-16-2-1-15(20)8-12(16)9-17(21)18-13-4-10-3-11(6-13)7-14(18)5-10/h1-2,8,10-11,13-14,17-18,21H,3-7,9H2. The van der Waals surface area contributed by atoms with Gasteiger partial charge < -0.3 is 5.11 Å². The van der Waals surface area contributed by atoms with Gasteiger partial charge in [-0.3, -0.25) is 0 Å². The van der Waals surface area contributed by atoms with Gasteiger partial charge in [0.1, 0.15) is 5.82 Å². The summed E-state index contributed by atoms with van der Waals surface area (Å²) >= 11 is 3.48. The van der Waals surface area contributed by atoms with Gasteiger partial charge in [0, 0.05) is 4.47 Å². The first-order chi connectivity index (χ1) is 10.1. The van der Waals surface area contributed by atoms with E-state index in [1.165, 1.54) is 38.2 Å². The second kappa shape index (κ2) is 5.34. The Labute approximate surface area is 134 Å². The van der Waals surface area contributed by atoms with Crippen LogP contribution >= 0.6 is 15.9 Å². The fourth-order valence-corrected chi connectivity index (χ4v) is 6.07. The molecule has 0 radical (unpaired) electrons. The summed E-state index contributed by atoms with van der Waals surface area (Å²) in [6.07, 6.45) is 6.96. The van der Waals surface area contributed by atoms with Gasteiger partial charge in [0.25, 0.3) is 0 Å². The summed E-state index contributed by atoms with van der Waals surface area (Å²) in [5.74, 6) is 3.50. The first-order valence-electron chi connectivity index (χ1n) is 8.22. The van der Waals surface area contributed by atoms with Crippen LogP contribution in [0.25, 0.3) is 0 Å². The molecule has 4 aliphatic rings. The number of aliphatic hydroxyl groups is 1. The second-order valence-corrected chi connectivity index (χ2v) is 8.37. The molecule has 4 saturated carbocycles. The summed E-state index contributed by atoms with van der Waals surface area (Å²) in [4.78, 5) is 0. The third-order valence-electron chi connectivity index (χ3n) is 6.18. The Kier molecular flexibility index (Phi) is 3.61. The van der Waals surface area contributed by atoms with Crippen LogP contribution in [0, 0.1) is 35.4 Å². The summed E-state index contributed by atoms with van der Waals surface area (Å²) in [6.45, 7) is 0. The van der Waals surface area contributed by atoms with E-state index in [2.05, 4.69) is 15.9 Å². The molecule has 3 heteroatoms. The summed E-state index contributed by atoms with van der Waals surface area (Å²) in [5, 5.41) is 10.8. The quantitative estimate of drug-likeness (QED) is 0.844. The number of hydrogen-bond donors (Lipinski definition) is 1. The predicted molar refractivity (Wildman–Crippen MR) is 84.3 cm³/mol. The SMILES string of the molecule is OC(Cc1cc(F)ccc1Br)C1C2CC3CC(C2)CC1C3. The Bertz CT molecular complexity index is 516. The van der Waals surface area contributed by atoms with Gasteiger partial charge in [-0.15, -0.1) is 0 Å². The van der Waals surface area contributed by atoms with Gasteiger partial charge in [-0.25, -0.2) is 4.39 Å². The fraction of sp³-hybridized carbons (Fsp3) is 0.667. The molecule has 114 valence electrons. The molecule has 0 aromatic heterocycles. The molecule has 1 unspecified atom stereocenters. The molecule has 1 aromatic carbocycles. The average molecular weight is 353 g/mol. The third kappa shape index (κ3) is 2.57. The molecule has 1 atom stereocenters. The van der Waals surface area contributed by atoms with Crippen LogP contribution in [0.4, 0.5) is 4.39 Å². The van der Waals surface area contributed by atoms with Crippen LogP contribution in [0.15, 0.2) is 22.7 Å². The highest BCUT2D eigenvalue weighted by Gasteiger charge is 2.50. The molecule has 4 bridgehead atoms. The fourth-order valence-electron chi connectivity index (χ4n) is 5.66. The van der Waals surface area contributed by atoms with E-state index in [9.17, 15) is 9.50 Å². The predicted octanol–water partition coefficient (Wildman–Crippen LogP) is 4.56. The van der Waals surface area contributed by atoms with Gasteiger partial charge in [0.2, 0.25) is 0 Å². The van der Waals surface area contributed by atoms with E-state index in [-0.39, 0.29) is 11.9 Å². The Balaban J connectivity index is 1.52. The van der Waals surface area contributed by atoms with Crippen molar-refractivity contribution >= 4 is 15.9 Å². The highest BCUT2D eigenvalue weighted by molar-refractivity contribution is 9.10. The minimum atomic E-state index is -0.321. The number of rotatable bonds is 3. The van der Waals surface area contributed by atoms with Crippen LogP contribution in [0.1, 0.15) is 37.7 Å². The summed E-state index contributed by atoms with van der Waals surface area (Å²) in [6, 6.07) is 4.76. The van der Waals surface area contributed by atoms with Crippen molar-refractivity contribution in [2.45, 2.75) is 44.6 Å². The Morgan fingerprint density at radius 2 is 1.71 bits per heavy atom. The minimum absolute atomic E-state index is 0.217. The topological polar surface area (TPSA) is 20.2 Å². The zero-order valence-electron chi connectivity index (χ0n) is 12.1. The van der Waals surface area contributed by atoms with E-state index < -0.39 is 0 Å². The highest BCUT2D eigenvalue weighted by Crippen LogP contribution is 2.57. The lowest BCUT2D eigenvalue weighted by atomic mass is 9.50. The second-order valence-electron chi connectivity index (χ2n) is 7.52. The van der Waals surface area contributed by atoms with Crippen molar-refractivity contribution in [2.75, 3.05) is 0 Å². The maximum absolute atomic E-state index is 13.4. The van der Waals surface area contributed by atoms with Crippen LogP contribution in [0.2, 0.25) is 0 Å². The first-order valence-corrected chi connectivity index (χ1v) is 9.01. The molecule has 1 nitrogen and oxygen atoms in total. The normalized spacial score (nSPS) is 38.7. The number of aliphatic hydroxyl groups excluding tert-OH is 1. The van der Waals surface area contributed by atoms with Crippen molar-refractivity contribution in [3.8, 4) is 0 Å². The van der Waals surface area contributed by atoms with Crippen molar-refractivity contribution < 1.29 is 9.50 Å². The lowest BCUT2D eigenvalue weighted by Gasteiger charge is -2.55. The molecule has 0 spiro atoms. The van der Waals surface area contributed by atoms with Crippen molar-refractivity contribution in [1.82, 2.24) is 0 Å². The summed E-state index contributed by atoms with van der Waals surface area (Å²) in [5.41, 5.74) is 0.899. The van der Waals surface area contributed by atoms with E-state index in [1.54, 1.807) is 12.1 Å². The molecule has 5 rings (SSSR count). The highest BCUT2D eigenvalue weighted by atomic mass is 79.9. The van der Waals surface area contributed by atoms with E-state index in [4.69, 9.17) is 0 Å². The molecule has 21 heavy (non-hydrogen) atoms. The molecule has 0 amide bonds. The van der Waals surface area contributed by atoms with Gasteiger partial charge in [0.15, 0.2) is 0 Å². The maximum atomic E-state index is 13.4. The smallest absolute Gasteiger partial charge is 0.123 e. The zero-order valence-corrected chi connectivity index (χ0v) is 13.7. The molecular formula is C18H22BrFO. The van der Waals surface area contributed by atoms with Gasteiger partial charge in [-0.2, -0.15) is 0 Å². The lowest BCUT2D eigenvalue weighted by molar-refractivity contribution is -0.0888. The van der Waals surface area contributed by atoms with Gasteiger partial charge >= 0.3 is 0 Å². The van der Waals surface area contributed by atoms with Crippen LogP contribution < -0.4 is 0 Å². The van der Waals surface area contributed by atoms with Crippen LogP contribution in [-0.2, 0) is 6.42 Å². The van der Waals surface area contributed by atoms with E-state index in [1.807, 2.05) is 0 Å². The van der Waals surface area contributed by atoms with E-state index >= 15 is 0 Å². The van der Waals surface area contributed by atoms with Gasteiger partial charge in [0.05, 0.1) is 6.10 Å². The largest absolute Gasteiger partial charge is 0.392 e.